The third kappa shape index (κ3) is 3.36. The molecule has 0 atom stereocenters. The lowest BCUT2D eigenvalue weighted by Crippen LogP contribution is -2.39. The van der Waals surface area contributed by atoms with Crippen LogP contribution in [0, 0.1) is 0 Å². The van der Waals surface area contributed by atoms with Crippen molar-refractivity contribution in [1.29, 1.82) is 0 Å². The summed E-state index contributed by atoms with van der Waals surface area (Å²) in [5.74, 6) is -0.0309. The number of halogens is 1. The van der Waals surface area contributed by atoms with E-state index in [-0.39, 0.29) is 5.91 Å². The van der Waals surface area contributed by atoms with Gasteiger partial charge in [-0.3, -0.25) is 9.78 Å². The summed E-state index contributed by atoms with van der Waals surface area (Å²) in [5, 5.41) is 3.58. The summed E-state index contributed by atoms with van der Waals surface area (Å²) in [6.07, 6.45) is 3.42. The Hall–Kier alpha value is -1.87. The molecule has 4 heteroatoms. The van der Waals surface area contributed by atoms with Gasteiger partial charge in [0.2, 0.25) is 5.91 Å². The van der Waals surface area contributed by atoms with Crippen molar-refractivity contribution < 1.29 is 4.79 Å². The van der Waals surface area contributed by atoms with E-state index in [9.17, 15) is 4.79 Å². The topological polar surface area (TPSA) is 42.0 Å². The van der Waals surface area contributed by atoms with Crippen LogP contribution in [0.3, 0.4) is 0 Å². The predicted octanol–water partition coefficient (Wildman–Crippen LogP) is 3.33. The van der Waals surface area contributed by atoms with Gasteiger partial charge in [0.05, 0.1) is 5.41 Å². The maximum Gasteiger partial charge on any atom is 0.230 e. The number of aromatic nitrogens is 1. The Morgan fingerprint density at radius 1 is 1.25 bits per heavy atom. The number of hydrogen-bond acceptors (Lipinski definition) is 2. The average Bonchev–Trinajstić information content (AvgIpc) is 2.45. The first-order valence-electron chi connectivity index (χ1n) is 6.43. The van der Waals surface area contributed by atoms with E-state index in [2.05, 4.69) is 10.3 Å². The maximum atomic E-state index is 12.4. The molecule has 1 heterocycles. The van der Waals surface area contributed by atoms with Crippen LogP contribution in [0.15, 0.2) is 48.8 Å². The molecule has 0 aliphatic rings. The van der Waals surface area contributed by atoms with Crippen LogP contribution in [0.4, 0.5) is 0 Å². The van der Waals surface area contributed by atoms with Crippen molar-refractivity contribution in [1.82, 2.24) is 10.3 Å². The molecule has 0 aliphatic carbocycles. The molecular weight excluding hydrogens is 272 g/mol. The fraction of sp³-hybridized carbons (Fsp3) is 0.250. The molecule has 0 aliphatic heterocycles. The van der Waals surface area contributed by atoms with Crippen molar-refractivity contribution in [3.05, 3.63) is 64.9 Å². The van der Waals surface area contributed by atoms with Crippen molar-refractivity contribution in [3.8, 4) is 0 Å². The molecule has 1 aromatic carbocycles. The fourth-order valence-electron chi connectivity index (χ4n) is 1.91. The predicted molar refractivity (Wildman–Crippen MR) is 80.6 cm³/mol. The van der Waals surface area contributed by atoms with E-state index in [4.69, 9.17) is 11.6 Å². The molecular formula is C16H17ClN2O. The first-order chi connectivity index (χ1) is 9.50. The molecule has 0 bridgehead atoms. The second kappa shape index (κ2) is 6.06. The van der Waals surface area contributed by atoms with Gasteiger partial charge in [0.15, 0.2) is 0 Å². The first-order valence-corrected chi connectivity index (χ1v) is 6.81. The van der Waals surface area contributed by atoms with E-state index < -0.39 is 5.41 Å². The molecule has 0 unspecified atom stereocenters. The second-order valence-electron chi connectivity index (χ2n) is 5.17. The van der Waals surface area contributed by atoms with Crippen LogP contribution in [0.1, 0.15) is 25.0 Å². The van der Waals surface area contributed by atoms with E-state index in [0.29, 0.717) is 11.6 Å². The molecule has 1 amide bonds. The van der Waals surface area contributed by atoms with E-state index in [1.54, 1.807) is 18.5 Å². The lowest BCUT2D eigenvalue weighted by atomic mass is 9.83. The van der Waals surface area contributed by atoms with Gasteiger partial charge < -0.3 is 5.32 Å². The second-order valence-corrected chi connectivity index (χ2v) is 5.61. The molecule has 1 aromatic heterocycles. The van der Waals surface area contributed by atoms with Gasteiger partial charge in [-0.05, 0) is 49.2 Å². The normalized spacial score (nSPS) is 11.2. The number of hydrogen-bond donors (Lipinski definition) is 1. The molecule has 0 spiro atoms. The Balaban J connectivity index is 2.07. The Kier molecular flexibility index (Phi) is 4.40. The molecule has 0 radical (unpaired) electrons. The Morgan fingerprint density at radius 2 is 1.95 bits per heavy atom. The largest absolute Gasteiger partial charge is 0.351 e. The monoisotopic (exact) mass is 288 g/mol. The molecule has 0 saturated carbocycles. The maximum absolute atomic E-state index is 12.4. The van der Waals surface area contributed by atoms with Crippen molar-refractivity contribution in [2.75, 3.05) is 0 Å². The highest BCUT2D eigenvalue weighted by Crippen LogP contribution is 2.25. The Bertz CT molecular complexity index is 596. The third-order valence-electron chi connectivity index (χ3n) is 3.32. The minimum atomic E-state index is -0.627. The standard InChI is InChI=1S/C16H17ClN2O/c1-16(2,13-4-3-5-14(17)10-13)15(20)19-11-12-6-8-18-9-7-12/h3-10H,11H2,1-2H3,(H,19,20). The van der Waals surface area contributed by atoms with Crippen LogP contribution in [0.25, 0.3) is 0 Å². The summed E-state index contributed by atoms with van der Waals surface area (Å²) >= 11 is 5.99. The van der Waals surface area contributed by atoms with Gasteiger partial charge in [0.25, 0.3) is 0 Å². The number of nitrogens with zero attached hydrogens (tertiary/aromatic N) is 1. The van der Waals surface area contributed by atoms with Gasteiger partial charge in [-0.25, -0.2) is 0 Å². The molecule has 3 nitrogen and oxygen atoms in total. The minimum absolute atomic E-state index is 0.0309. The van der Waals surface area contributed by atoms with E-state index in [1.165, 1.54) is 0 Å². The van der Waals surface area contributed by atoms with Crippen molar-refractivity contribution in [2.24, 2.45) is 0 Å². The van der Waals surface area contributed by atoms with Crippen LogP contribution in [0.2, 0.25) is 5.02 Å². The van der Waals surface area contributed by atoms with Crippen LogP contribution in [0.5, 0.6) is 0 Å². The van der Waals surface area contributed by atoms with Crippen LogP contribution < -0.4 is 5.32 Å². The van der Waals surface area contributed by atoms with E-state index in [1.807, 2.05) is 44.2 Å². The zero-order valence-electron chi connectivity index (χ0n) is 11.6. The average molecular weight is 289 g/mol. The molecule has 1 N–H and O–H groups in total. The molecule has 104 valence electrons. The van der Waals surface area contributed by atoms with Crippen LogP contribution in [-0.2, 0) is 16.8 Å². The van der Waals surface area contributed by atoms with Gasteiger partial charge in [-0.15, -0.1) is 0 Å². The zero-order valence-corrected chi connectivity index (χ0v) is 12.3. The molecule has 0 fully saturated rings. The highest BCUT2D eigenvalue weighted by Gasteiger charge is 2.29. The van der Waals surface area contributed by atoms with Gasteiger partial charge in [-0.1, -0.05) is 23.7 Å². The summed E-state index contributed by atoms with van der Waals surface area (Å²) in [6.45, 7) is 4.27. The summed E-state index contributed by atoms with van der Waals surface area (Å²) in [5.41, 5.74) is 1.30. The molecule has 20 heavy (non-hydrogen) atoms. The summed E-state index contributed by atoms with van der Waals surface area (Å²) in [7, 11) is 0. The van der Waals surface area contributed by atoms with Gasteiger partial charge in [0, 0.05) is 24.0 Å². The van der Waals surface area contributed by atoms with Crippen LogP contribution in [-0.4, -0.2) is 10.9 Å². The smallest absolute Gasteiger partial charge is 0.230 e. The van der Waals surface area contributed by atoms with Gasteiger partial charge >= 0.3 is 0 Å². The van der Waals surface area contributed by atoms with Crippen molar-refractivity contribution in [2.45, 2.75) is 25.8 Å². The summed E-state index contributed by atoms with van der Waals surface area (Å²) in [6, 6.07) is 11.2. The van der Waals surface area contributed by atoms with Crippen molar-refractivity contribution >= 4 is 17.5 Å². The number of nitrogens with one attached hydrogen (secondary N) is 1. The van der Waals surface area contributed by atoms with Gasteiger partial charge in [0.1, 0.15) is 0 Å². The van der Waals surface area contributed by atoms with E-state index >= 15 is 0 Å². The number of amides is 1. The third-order valence-corrected chi connectivity index (χ3v) is 3.55. The fourth-order valence-corrected chi connectivity index (χ4v) is 2.10. The molecule has 2 rings (SSSR count). The highest BCUT2D eigenvalue weighted by molar-refractivity contribution is 6.30. The lowest BCUT2D eigenvalue weighted by molar-refractivity contribution is -0.125. The Morgan fingerprint density at radius 3 is 2.60 bits per heavy atom. The molecule has 2 aromatic rings. The van der Waals surface area contributed by atoms with Gasteiger partial charge in [-0.2, -0.15) is 0 Å². The summed E-state index contributed by atoms with van der Waals surface area (Å²) in [4.78, 5) is 16.3. The summed E-state index contributed by atoms with van der Waals surface area (Å²) < 4.78 is 0. The van der Waals surface area contributed by atoms with Crippen LogP contribution >= 0.6 is 11.6 Å². The number of rotatable bonds is 4. The quantitative estimate of drug-likeness (QED) is 0.938. The minimum Gasteiger partial charge on any atom is -0.351 e. The number of carbonyl (C=O) groups is 1. The number of carbonyl (C=O) groups excluding carboxylic acids is 1. The first kappa shape index (κ1) is 14.5. The highest BCUT2D eigenvalue weighted by atomic mass is 35.5. The number of pyridine rings is 1. The number of benzene rings is 1. The van der Waals surface area contributed by atoms with E-state index in [0.717, 1.165) is 11.1 Å². The lowest BCUT2D eigenvalue weighted by Gasteiger charge is -2.24. The SMILES string of the molecule is CC(C)(C(=O)NCc1ccncc1)c1cccc(Cl)c1. The van der Waals surface area contributed by atoms with Crippen molar-refractivity contribution in [3.63, 3.8) is 0 Å². The Labute approximate surface area is 124 Å². The molecule has 0 saturated heterocycles. The zero-order chi connectivity index (χ0) is 14.6.